The molecule has 0 aliphatic heterocycles. The molecule has 0 atom stereocenters. The standard InChI is InChI=1S/C15H13F2O.C5H5.Fe/c16-15(17,11-10-12-6-4-5-7-12)14(18)13-8-2-1-3-9-13;1-2-4-5-3-1;/h1-9H,10-11H2;1-5H;/q-1;-5;. The van der Waals surface area contributed by atoms with Crippen molar-refractivity contribution in [2.24, 2.45) is 0 Å². The zero-order valence-electron chi connectivity index (χ0n) is 13.0. The van der Waals surface area contributed by atoms with Crippen LogP contribution in [-0.4, -0.2) is 11.7 Å². The molecule has 0 aliphatic rings. The van der Waals surface area contributed by atoms with E-state index in [4.69, 9.17) is 0 Å². The molecule has 0 N–H and O–H groups in total. The van der Waals surface area contributed by atoms with E-state index in [1.807, 2.05) is 30.3 Å². The van der Waals surface area contributed by atoms with Gasteiger partial charge in [0.05, 0.1) is 0 Å². The summed E-state index contributed by atoms with van der Waals surface area (Å²) in [5.41, 5.74) is 0.889. The largest absolute Gasteiger partial charge is 0.748 e. The molecule has 0 heterocycles. The molecular formula is C20H18F2FeO-6. The Morgan fingerprint density at radius 1 is 0.917 bits per heavy atom. The van der Waals surface area contributed by atoms with Crippen LogP contribution in [0.25, 0.3) is 0 Å². The van der Waals surface area contributed by atoms with Crippen LogP contribution in [0.15, 0.2) is 84.9 Å². The predicted octanol–water partition coefficient (Wildman–Crippen LogP) is 5.26. The second-order valence-corrected chi connectivity index (χ2v) is 5.15. The molecule has 0 radical (unpaired) electrons. The number of alkyl halides is 2. The average Bonchev–Trinajstić information content (AvgIpc) is 3.29. The molecule has 24 heavy (non-hydrogen) atoms. The van der Waals surface area contributed by atoms with Crippen LogP contribution >= 0.6 is 0 Å². The van der Waals surface area contributed by atoms with Gasteiger partial charge in [-0.2, -0.15) is 26.5 Å². The number of carbonyl (C=O) groups is 1. The van der Waals surface area contributed by atoms with Crippen molar-refractivity contribution in [1.82, 2.24) is 0 Å². The Labute approximate surface area is 151 Å². The molecule has 3 rings (SSSR count). The quantitative estimate of drug-likeness (QED) is 0.341. The molecule has 0 bridgehead atoms. The number of benzene rings is 1. The monoisotopic (exact) mass is 368 g/mol. The Bertz CT molecular complexity index is 657. The first-order valence-corrected chi connectivity index (χ1v) is 7.44. The van der Waals surface area contributed by atoms with Gasteiger partial charge in [-0.15, -0.1) is 0 Å². The van der Waals surface area contributed by atoms with E-state index in [0.717, 1.165) is 5.56 Å². The SMILES string of the molecule is O=C(c1ccccc1)C(F)(F)CC[c-]1cccc1.[Fe].[cH-]1[cH-][cH-][cH-][cH-]1. The molecule has 0 aliphatic carbocycles. The molecule has 0 unspecified atom stereocenters. The number of aryl methyl sites for hydroxylation is 1. The molecule has 0 aromatic heterocycles. The van der Waals surface area contributed by atoms with E-state index in [9.17, 15) is 13.6 Å². The van der Waals surface area contributed by atoms with E-state index in [1.54, 1.807) is 42.5 Å². The molecule has 0 fully saturated rings. The van der Waals surface area contributed by atoms with Crippen LogP contribution < -0.4 is 0 Å². The number of ketones is 1. The Morgan fingerprint density at radius 2 is 1.42 bits per heavy atom. The van der Waals surface area contributed by atoms with Gasteiger partial charge in [0.1, 0.15) is 0 Å². The summed E-state index contributed by atoms with van der Waals surface area (Å²) in [6.07, 6.45) is -0.247. The molecule has 0 amide bonds. The van der Waals surface area contributed by atoms with Crippen molar-refractivity contribution in [3.05, 3.63) is 96.1 Å². The maximum atomic E-state index is 13.7. The van der Waals surface area contributed by atoms with Gasteiger partial charge in [0.15, 0.2) is 0 Å². The van der Waals surface area contributed by atoms with Crippen molar-refractivity contribution < 1.29 is 30.6 Å². The molecular weight excluding hydrogens is 350 g/mol. The van der Waals surface area contributed by atoms with Crippen molar-refractivity contribution in [2.75, 3.05) is 0 Å². The Balaban J connectivity index is 0.000000412. The van der Waals surface area contributed by atoms with Crippen molar-refractivity contribution in [3.8, 4) is 0 Å². The van der Waals surface area contributed by atoms with E-state index in [-0.39, 0.29) is 29.1 Å². The van der Waals surface area contributed by atoms with Crippen LogP contribution in [0.4, 0.5) is 8.78 Å². The first kappa shape index (κ1) is 20.0. The number of carbonyl (C=O) groups excluding carboxylic acids is 1. The van der Waals surface area contributed by atoms with Crippen LogP contribution in [0, 0.1) is 0 Å². The molecule has 4 heteroatoms. The van der Waals surface area contributed by atoms with Gasteiger partial charge in [0.2, 0.25) is 5.78 Å². The summed E-state index contributed by atoms with van der Waals surface area (Å²) < 4.78 is 27.5. The van der Waals surface area contributed by atoms with E-state index < -0.39 is 18.1 Å². The van der Waals surface area contributed by atoms with Crippen molar-refractivity contribution in [1.29, 1.82) is 0 Å². The third-order valence-corrected chi connectivity index (χ3v) is 3.38. The van der Waals surface area contributed by atoms with Crippen molar-refractivity contribution in [2.45, 2.75) is 18.8 Å². The molecule has 0 saturated heterocycles. The zero-order chi connectivity index (χ0) is 16.5. The van der Waals surface area contributed by atoms with E-state index in [1.165, 1.54) is 12.1 Å². The summed E-state index contributed by atoms with van der Waals surface area (Å²) in [5.74, 6) is -4.41. The van der Waals surface area contributed by atoms with E-state index in [2.05, 4.69) is 0 Å². The number of hydrogen-bond donors (Lipinski definition) is 0. The van der Waals surface area contributed by atoms with E-state index in [0.29, 0.717) is 0 Å². The van der Waals surface area contributed by atoms with Crippen LogP contribution in [0.5, 0.6) is 0 Å². The minimum Gasteiger partial charge on any atom is -0.748 e. The number of hydrogen-bond acceptors (Lipinski definition) is 1. The van der Waals surface area contributed by atoms with Gasteiger partial charge in [0, 0.05) is 29.1 Å². The summed E-state index contributed by atoms with van der Waals surface area (Å²) in [4.78, 5) is 11.7. The minimum atomic E-state index is -3.31. The zero-order valence-corrected chi connectivity index (χ0v) is 14.1. The summed E-state index contributed by atoms with van der Waals surface area (Å²) in [6.45, 7) is 0. The Kier molecular flexibility index (Phi) is 8.31. The number of rotatable bonds is 5. The third kappa shape index (κ3) is 6.23. The van der Waals surface area contributed by atoms with Crippen LogP contribution in [0.1, 0.15) is 22.3 Å². The minimum absolute atomic E-state index is 0. The molecule has 0 saturated carbocycles. The normalized spacial score (nSPS) is 10.2. The second-order valence-electron chi connectivity index (χ2n) is 5.15. The second kappa shape index (κ2) is 9.96. The van der Waals surface area contributed by atoms with Gasteiger partial charge in [-0.1, -0.05) is 36.8 Å². The van der Waals surface area contributed by atoms with Gasteiger partial charge in [-0.25, -0.2) is 12.1 Å². The first-order chi connectivity index (χ1) is 11.1. The summed E-state index contributed by atoms with van der Waals surface area (Å²) in [5, 5.41) is 0. The number of Topliss-reactive ketones (excluding diaryl/α,β-unsaturated/α-hetero) is 1. The van der Waals surface area contributed by atoms with Gasteiger partial charge in [-0.05, 0) is 0 Å². The average molecular weight is 368 g/mol. The summed E-state index contributed by atoms with van der Waals surface area (Å²) in [6, 6.07) is 24.8. The molecule has 1 nitrogen and oxygen atoms in total. The van der Waals surface area contributed by atoms with Crippen molar-refractivity contribution in [3.63, 3.8) is 0 Å². The smallest absolute Gasteiger partial charge is 0.309 e. The van der Waals surface area contributed by atoms with E-state index >= 15 is 0 Å². The van der Waals surface area contributed by atoms with Crippen LogP contribution in [0.2, 0.25) is 0 Å². The van der Waals surface area contributed by atoms with Gasteiger partial charge in [-0.3, -0.25) is 4.79 Å². The summed E-state index contributed by atoms with van der Waals surface area (Å²) in [7, 11) is 0. The molecule has 3 aromatic rings. The maximum absolute atomic E-state index is 13.7. The topological polar surface area (TPSA) is 17.1 Å². The van der Waals surface area contributed by atoms with Crippen LogP contribution in [-0.2, 0) is 23.5 Å². The fourth-order valence-electron chi connectivity index (χ4n) is 2.12. The van der Waals surface area contributed by atoms with Crippen LogP contribution in [0.3, 0.4) is 0 Å². The first-order valence-electron chi connectivity index (χ1n) is 7.44. The maximum Gasteiger partial charge on any atom is 0.309 e. The fourth-order valence-corrected chi connectivity index (χ4v) is 2.12. The molecule has 0 spiro atoms. The fraction of sp³-hybridized carbons (Fsp3) is 0.150. The molecule has 132 valence electrons. The molecule has 3 aromatic carbocycles. The predicted molar refractivity (Wildman–Crippen MR) is 88.1 cm³/mol. The third-order valence-electron chi connectivity index (χ3n) is 3.38. The van der Waals surface area contributed by atoms with Gasteiger partial charge >= 0.3 is 5.92 Å². The summed E-state index contributed by atoms with van der Waals surface area (Å²) >= 11 is 0. The van der Waals surface area contributed by atoms with Crippen molar-refractivity contribution >= 4 is 5.78 Å². The Hall–Kier alpha value is -2.03. The number of halogens is 2. The van der Waals surface area contributed by atoms with Gasteiger partial charge in [0.25, 0.3) is 0 Å². The Morgan fingerprint density at radius 3 is 1.92 bits per heavy atom. The van der Waals surface area contributed by atoms with Gasteiger partial charge < -0.3 is 30.3 Å².